The fraction of sp³-hybridized carbons (Fsp3) is 0.355. The number of rotatable bonds is 15. The maximum absolute atomic E-state index is 15.4. The van der Waals surface area contributed by atoms with Gasteiger partial charge in [-0.15, -0.1) is 0 Å². The Hall–Kier alpha value is -3.57. The van der Waals surface area contributed by atoms with Gasteiger partial charge in [-0.25, -0.2) is 21.8 Å². The first-order valence-electron chi connectivity index (χ1n) is 13.6. The Kier molecular flexibility index (Phi) is 12.2. The summed E-state index contributed by atoms with van der Waals surface area (Å²) in [5.41, 5.74) is -0.787. The standard InChI is InChI=1S/C31H34F4N2O4S/c1-31(18-10-13-21-42(40)41)23(16-8-2-3-11-19-36-22-14-6-4-7-15-22)37(20-12-5-9-17-24(38)39)30-25(31)26(32)27(33)28(34)29(30)35/h2-4,6-8,11,14-16,19H,5,9-10,12-13,17-18,20-21H2,1H3,(H,38,39)(H,40,41)/b8-2+,11-3+,23-16+,36-19+. The quantitative estimate of drug-likeness (QED) is 0.0412. The molecule has 2 unspecified atom stereocenters. The highest BCUT2D eigenvalue weighted by Crippen LogP contribution is 2.53. The molecule has 2 N–H and O–H groups in total. The smallest absolute Gasteiger partial charge is 0.303 e. The molecule has 1 aliphatic rings. The SMILES string of the molecule is CC1(CCCCS(=O)O)\C(=C/C=C/C=C/C=N/c2ccccc2)N(CCCCCC(=O)O)c2c(F)c(F)c(F)c(F)c21. The van der Waals surface area contributed by atoms with Crippen molar-refractivity contribution in [2.45, 2.75) is 57.3 Å². The normalized spacial score (nSPS) is 18.6. The number of anilines is 1. The van der Waals surface area contributed by atoms with E-state index in [2.05, 4.69) is 4.99 Å². The first kappa shape index (κ1) is 32.9. The highest BCUT2D eigenvalue weighted by atomic mass is 32.2. The van der Waals surface area contributed by atoms with Crippen LogP contribution in [0.4, 0.5) is 28.9 Å². The Morgan fingerprint density at radius 2 is 1.62 bits per heavy atom. The number of carboxylic acid groups (broad SMARTS) is 1. The van der Waals surface area contributed by atoms with Crippen molar-refractivity contribution >= 4 is 34.6 Å². The van der Waals surface area contributed by atoms with Gasteiger partial charge in [-0.3, -0.25) is 9.79 Å². The van der Waals surface area contributed by atoms with E-state index < -0.39 is 45.7 Å². The van der Waals surface area contributed by atoms with E-state index in [9.17, 15) is 17.8 Å². The van der Waals surface area contributed by atoms with E-state index in [4.69, 9.17) is 9.66 Å². The van der Waals surface area contributed by atoms with E-state index in [0.717, 1.165) is 5.69 Å². The number of unbranched alkanes of at least 4 members (excludes halogenated alkanes) is 3. The number of benzene rings is 2. The van der Waals surface area contributed by atoms with Crippen molar-refractivity contribution in [1.29, 1.82) is 0 Å². The third-order valence-corrected chi connectivity index (χ3v) is 7.73. The molecular formula is C31H34F4N2O4S. The van der Waals surface area contributed by atoms with Crippen LogP contribution >= 0.6 is 0 Å². The molecule has 1 heterocycles. The van der Waals surface area contributed by atoms with E-state index in [-0.39, 0.29) is 36.4 Å². The summed E-state index contributed by atoms with van der Waals surface area (Å²) < 4.78 is 80.0. The zero-order valence-electron chi connectivity index (χ0n) is 23.2. The molecule has 1 aliphatic heterocycles. The van der Waals surface area contributed by atoms with E-state index in [1.54, 1.807) is 43.5 Å². The van der Waals surface area contributed by atoms with Crippen molar-refractivity contribution in [3.05, 3.63) is 95.2 Å². The number of fused-ring (bicyclic) bond motifs is 1. The number of hydrogen-bond acceptors (Lipinski definition) is 4. The van der Waals surface area contributed by atoms with Gasteiger partial charge in [-0.2, -0.15) is 0 Å². The summed E-state index contributed by atoms with van der Waals surface area (Å²) in [6, 6.07) is 9.31. The number of aliphatic imine (C=N–C) groups is 1. The van der Waals surface area contributed by atoms with Crippen LogP contribution in [0.2, 0.25) is 0 Å². The van der Waals surface area contributed by atoms with E-state index in [1.807, 2.05) is 30.3 Å². The minimum atomic E-state index is -2.03. The van der Waals surface area contributed by atoms with Crippen molar-refractivity contribution in [2.24, 2.45) is 4.99 Å². The highest BCUT2D eigenvalue weighted by molar-refractivity contribution is 7.79. The molecule has 226 valence electrons. The average molecular weight is 607 g/mol. The summed E-state index contributed by atoms with van der Waals surface area (Å²) in [5, 5.41) is 8.91. The van der Waals surface area contributed by atoms with Crippen LogP contribution in [0.25, 0.3) is 0 Å². The Bertz CT molecular complexity index is 1400. The fourth-order valence-corrected chi connectivity index (χ4v) is 5.53. The van der Waals surface area contributed by atoms with Crippen molar-refractivity contribution in [2.75, 3.05) is 17.2 Å². The van der Waals surface area contributed by atoms with Gasteiger partial charge in [0.2, 0.25) is 0 Å². The average Bonchev–Trinajstić information content (AvgIpc) is 3.20. The molecule has 0 radical (unpaired) electrons. The Balaban J connectivity index is 1.97. The number of para-hydroxylation sites is 1. The summed E-state index contributed by atoms with van der Waals surface area (Å²) >= 11 is -2.03. The molecule has 0 bridgehead atoms. The summed E-state index contributed by atoms with van der Waals surface area (Å²) in [4.78, 5) is 16.6. The van der Waals surface area contributed by atoms with Gasteiger partial charge in [-0.1, -0.05) is 49.3 Å². The molecule has 0 aliphatic carbocycles. The first-order chi connectivity index (χ1) is 20.1. The molecule has 2 aromatic carbocycles. The lowest BCUT2D eigenvalue weighted by atomic mass is 9.76. The second-order valence-corrected chi connectivity index (χ2v) is 11.1. The van der Waals surface area contributed by atoms with Crippen LogP contribution in [-0.4, -0.2) is 38.3 Å². The molecule has 0 aromatic heterocycles. The minimum absolute atomic E-state index is 0.0148. The molecule has 3 rings (SSSR count). The number of hydrogen-bond donors (Lipinski definition) is 2. The molecule has 0 amide bonds. The maximum atomic E-state index is 15.4. The van der Waals surface area contributed by atoms with Gasteiger partial charge in [0.05, 0.1) is 11.4 Å². The lowest BCUT2D eigenvalue weighted by molar-refractivity contribution is -0.137. The Morgan fingerprint density at radius 3 is 2.31 bits per heavy atom. The van der Waals surface area contributed by atoms with Crippen LogP contribution in [0.15, 0.2) is 71.4 Å². The molecule has 0 fully saturated rings. The minimum Gasteiger partial charge on any atom is -0.481 e. The number of halogens is 4. The lowest BCUT2D eigenvalue weighted by Crippen LogP contribution is -2.30. The van der Waals surface area contributed by atoms with Gasteiger partial charge in [0, 0.05) is 41.6 Å². The Morgan fingerprint density at radius 1 is 0.929 bits per heavy atom. The maximum Gasteiger partial charge on any atom is 0.303 e. The van der Waals surface area contributed by atoms with Gasteiger partial charge >= 0.3 is 5.97 Å². The van der Waals surface area contributed by atoms with Crippen molar-refractivity contribution < 1.29 is 36.2 Å². The van der Waals surface area contributed by atoms with Crippen LogP contribution in [0, 0.1) is 23.3 Å². The number of allylic oxidation sites excluding steroid dienone is 6. The first-order valence-corrected chi connectivity index (χ1v) is 14.9. The van der Waals surface area contributed by atoms with Crippen molar-refractivity contribution in [3.8, 4) is 0 Å². The topological polar surface area (TPSA) is 90.2 Å². The second-order valence-electron chi connectivity index (χ2n) is 10.1. The molecule has 0 spiro atoms. The molecule has 11 heteroatoms. The van der Waals surface area contributed by atoms with Gasteiger partial charge in [-0.05, 0) is 56.9 Å². The molecule has 2 atom stereocenters. The predicted octanol–water partition coefficient (Wildman–Crippen LogP) is 7.76. The van der Waals surface area contributed by atoms with Crippen molar-refractivity contribution in [1.82, 2.24) is 0 Å². The molecule has 6 nitrogen and oxygen atoms in total. The Labute approximate surface area is 245 Å². The molecule has 0 saturated carbocycles. The summed E-state index contributed by atoms with van der Waals surface area (Å²) in [6.45, 7) is 1.73. The largest absolute Gasteiger partial charge is 0.481 e. The molecule has 42 heavy (non-hydrogen) atoms. The molecular weight excluding hydrogens is 572 g/mol. The molecule has 0 saturated heterocycles. The van der Waals surface area contributed by atoms with Gasteiger partial charge in [0.1, 0.15) is 0 Å². The zero-order chi connectivity index (χ0) is 30.7. The highest BCUT2D eigenvalue weighted by Gasteiger charge is 2.48. The predicted molar refractivity (Wildman–Crippen MR) is 158 cm³/mol. The summed E-state index contributed by atoms with van der Waals surface area (Å²) in [7, 11) is 0. The third kappa shape index (κ3) is 8.25. The van der Waals surface area contributed by atoms with E-state index in [1.165, 1.54) is 4.90 Å². The summed E-state index contributed by atoms with van der Waals surface area (Å²) in [6.07, 6.45) is 12.0. The van der Waals surface area contributed by atoms with E-state index in [0.29, 0.717) is 37.8 Å². The van der Waals surface area contributed by atoms with Crippen molar-refractivity contribution in [3.63, 3.8) is 0 Å². The number of carbonyl (C=O) groups is 1. The van der Waals surface area contributed by atoms with E-state index >= 15 is 8.78 Å². The number of carboxylic acids is 1. The molecule has 2 aromatic rings. The number of nitrogens with zero attached hydrogens (tertiary/aromatic N) is 2. The van der Waals surface area contributed by atoms with Crippen LogP contribution in [-0.2, 0) is 21.3 Å². The van der Waals surface area contributed by atoms with Gasteiger partial charge in [0.25, 0.3) is 0 Å². The second kappa shape index (κ2) is 15.6. The number of aliphatic carboxylic acids is 1. The van der Waals surface area contributed by atoms with Crippen LogP contribution in [0.1, 0.15) is 57.4 Å². The van der Waals surface area contributed by atoms with Gasteiger partial charge < -0.3 is 14.6 Å². The van der Waals surface area contributed by atoms with Crippen LogP contribution in [0.3, 0.4) is 0 Å². The fourth-order valence-electron chi connectivity index (χ4n) is 5.08. The zero-order valence-corrected chi connectivity index (χ0v) is 24.1. The summed E-state index contributed by atoms with van der Waals surface area (Å²) in [5.74, 6) is -7.74. The monoisotopic (exact) mass is 606 g/mol. The van der Waals surface area contributed by atoms with Gasteiger partial charge in [0.15, 0.2) is 34.3 Å². The lowest BCUT2D eigenvalue weighted by Gasteiger charge is -2.30. The van der Waals surface area contributed by atoms with Crippen LogP contribution < -0.4 is 4.90 Å². The van der Waals surface area contributed by atoms with Crippen LogP contribution in [0.5, 0.6) is 0 Å². The third-order valence-electron chi connectivity index (χ3n) is 7.09.